The molecule has 3 aromatic rings. The summed E-state index contributed by atoms with van der Waals surface area (Å²) in [6.07, 6.45) is 1.75. The van der Waals surface area contributed by atoms with E-state index in [2.05, 4.69) is 22.0 Å². The van der Waals surface area contributed by atoms with Crippen molar-refractivity contribution in [1.29, 1.82) is 5.26 Å². The van der Waals surface area contributed by atoms with Gasteiger partial charge in [0.05, 0.1) is 11.6 Å². The Morgan fingerprint density at radius 3 is 2.44 bits per heavy atom. The van der Waals surface area contributed by atoms with Crippen LogP contribution >= 0.6 is 27.5 Å². The molecule has 0 radical (unpaired) electrons. The Kier molecular flexibility index (Phi) is 6.28. The SMILES string of the molecule is N#C/C(=C\c1cc(Cl)ccc1OCc1ccc(F)cc1)c1ccc(Br)cc1. The van der Waals surface area contributed by atoms with Gasteiger partial charge in [-0.15, -0.1) is 0 Å². The van der Waals surface area contributed by atoms with Crippen LogP contribution in [0.25, 0.3) is 11.6 Å². The number of benzene rings is 3. The fraction of sp³-hybridized carbons (Fsp3) is 0.0455. The minimum absolute atomic E-state index is 0.281. The van der Waals surface area contributed by atoms with Gasteiger partial charge in [-0.1, -0.05) is 51.8 Å². The van der Waals surface area contributed by atoms with E-state index in [0.717, 1.165) is 15.6 Å². The molecule has 0 unspecified atom stereocenters. The van der Waals surface area contributed by atoms with Crippen LogP contribution in [0.5, 0.6) is 5.75 Å². The van der Waals surface area contributed by atoms with Crippen LogP contribution in [0.4, 0.5) is 4.39 Å². The molecule has 0 spiro atoms. The Morgan fingerprint density at radius 1 is 1.07 bits per heavy atom. The summed E-state index contributed by atoms with van der Waals surface area (Å²) < 4.78 is 19.8. The number of halogens is 3. The van der Waals surface area contributed by atoms with Gasteiger partial charge < -0.3 is 4.74 Å². The molecule has 134 valence electrons. The molecular formula is C22H14BrClFNO. The zero-order chi connectivity index (χ0) is 19.2. The normalized spacial score (nSPS) is 11.1. The van der Waals surface area contributed by atoms with Gasteiger partial charge in [-0.3, -0.25) is 0 Å². The molecule has 0 bridgehead atoms. The first-order chi connectivity index (χ1) is 13.0. The van der Waals surface area contributed by atoms with Crippen LogP contribution in [0.1, 0.15) is 16.7 Å². The highest BCUT2D eigenvalue weighted by atomic mass is 79.9. The van der Waals surface area contributed by atoms with E-state index in [0.29, 0.717) is 21.9 Å². The molecule has 0 saturated heterocycles. The minimum atomic E-state index is -0.290. The summed E-state index contributed by atoms with van der Waals surface area (Å²) in [4.78, 5) is 0. The summed E-state index contributed by atoms with van der Waals surface area (Å²) in [5, 5.41) is 10.1. The number of hydrogen-bond acceptors (Lipinski definition) is 2. The standard InChI is InChI=1S/C22H14BrClFNO/c23-19-5-3-16(4-6-19)18(13-26)11-17-12-20(24)7-10-22(17)27-14-15-1-8-21(25)9-2-15/h1-12H,14H2/b18-11+. The molecule has 0 aliphatic rings. The highest BCUT2D eigenvalue weighted by molar-refractivity contribution is 9.10. The number of ether oxygens (including phenoxy) is 1. The maximum Gasteiger partial charge on any atom is 0.127 e. The lowest BCUT2D eigenvalue weighted by Gasteiger charge is -2.11. The van der Waals surface area contributed by atoms with Gasteiger partial charge in [0, 0.05) is 15.1 Å². The average molecular weight is 443 g/mol. The molecule has 0 N–H and O–H groups in total. The second kappa shape index (κ2) is 8.85. The van der Waals surface area contributed by atoms with Crippen molar-refractivity contribution in [1.82, 2.24) is 0 Å². The number of hydrogen-bond donors (Lipinski definition) is 0. The van der Waals surface area contributed by atoms with Crippen LogP contribution in [0.3, 0.4) is 0 Å². The van der Waals surface area contributed by atoms with Crippen molar-refractivity contribution in [3.05, 3.63) is 98.7 Å². The fourth-order valence-corrected chi connectivity index (χ4v) is 2.92. The van der Waals surface area contributed by atoms with Crippen molar-refractivity contribution in [2.75, 3.05) is 0 Å². The molecule has 0 aliphatic heterocycles. The predicted octanol–water partition coefficient (Wildman–Crippen LogP) is 6.88. The summed E-state index contributed by atoms with van der Waals surface area (Å²) in [5.41, 5.74) is 2.83. The number of allylic oxidation sites excluding steroid dienone is 1. The molecule has 0 saturated carbocycles. The lowest BCUT2D eigenvalue weighted by molar-refractivity contribution is 0.305. The van der Waals surface area contributed by atoms with E-state index in [-0.39, 0.29) is 12.4 Å². The van der Waals surface area contributed by atoms with Crippen molar-refractivity contribution < 1.29 is 9.13 Å². The highest BCUT2D eigenvalue weighted by Gasteiger charge is 2.07. The van der Waals surface area contributed by atoms with Gasteiger partial charge in [-0.25, -0.2) is 4.39 Å². The zero-order valence-electron chi connectivity index (χ0n) is 14.1. The van der Waals surface area contributed by atoms with Crippen molar-refractivity contribution >= 4 is 39.2 Å². The summed E-state index contributed by atoms with van der Waals surface area (Å²) in [5.74, 6) is 0.301. The van der Waals surface area contributed by atoms with Gasteiger partial charge >= 0.3 is 0 Å². The van der Waals surface area contributed by atoms with Gasteiger partial charge in [0.15, 0.2) is 0 Å². The van der Waals surface area contributed by atoms with E-state index in [4.69, 9.17) is 16.3 Å². The third kappa shape index (κ3) is 5.19. The van der Waals surface area contributed by atoms with E-state index in [1.807, 2.05) is 24.3 Å². The molecule has 27 heavy (non-hydrogen) atoms. The first-order valence-corrected chi connectivity index (χ1v) is 9.27. The van der Waals surface area contributed by atoms with E-state index < -0.39 is 0 Å². The summed E-state index contributed by atoms with van der Waals surface area (Å²) in [6.45, 7) is 0.281. The van der Waals surface area contributed by atoms with Crippen molar-refractivity contribution in [2.24, 2.45) is 0 Å². The lowest BCUT2D eigenvalue weighted by atomic mass is 10.0. The molecule has 0 amide bonds. The molecule has 2 nitrogen and oxygen atoms in total. The topological polar surface area (TPSA) is 33.0 Å². The molecule has 5 heteroatoms. The van der Waals surface area contributed by atoms with E-state index in [1.165, 1.54) is 12.1 Å². The third-order valence-corrected chi connectivity index (χ3v) is 4.62. The van der Waals surface area contributed by atoms with Gasteiger partial charge in [0.25, 0.3) is 0 Å². The Hall–Kier alpha value is -2.61. The van der Waals surface area contributed by atoms with Gasteiger partial charge in [-0.2, -0.15) is 5.26 Å². The predicted molar refractivity (Wildman–Crippen MR) is 110 cm³/mol. The van der Waals surface area contributed by atoms with E-state index >= 15 is 0 Å². The Bertz CT molecular complexity index is 1010. The molecule has 3 rings (SSSR count). The second-order valence-corrected chi connectivity index (χ2v) is 7.13. The molecule has 0 fully saturated rings. The summed E-state index contributed by atoms with van der Waals surface area (Å²) >= 11 is 9.52. The van der Waals surface area contributed by atoms with Crippen LogP contribution in [-0.4, -0.2) is 0 Å². The number of nitriles is 1. The average Bonchev–Trinajstić information content (AvgIpc) is 2.67. The van der Waals surface area contributed by atoms with Crippen LogP contribution in [0.2, 0.25) is 5.02 Å². The second-order valence-electron chi connectivity index (χ2n) is 5.77. The summed E-state index contributed by atoms with van der Waals surface area (Å²) in [7, 11) is 0. The molecular weight excluding hydrogens is 429 g/mol. The Morgan fingerprint density at radius 2 is 1.78 bits per heavy atom. The van der Waals surface area contributed by atoms with Crippen LogP contribution in [0, 0.1) is 17.1 Å². The van der Waals surface area contributed by atoms with Crippen molar-refractivity contribution in [3.63, 3.8) is 0 Å². The molecule has 0 aromatic heterocycles. The van der Waals surface area contributed by atoms with E-state index in [1.54, 1.807) is 36.4 Å². The molecule has 0 heterocycles. The highest BCUT2D eigenvalue weighted by Crippen LogP contribution is 2.28. The van der Waals surface area contributed by atoms with Gasteiger partial charge in [0.1, 0.15) is 18.2 Å². The maximum atomic E-state index is 13.0. The third-order valence-electron chi connectivity index (χ3n) is 3.85. The van der Waals surface area contributed by atoms with Gasteiger partial charge in [0.2, 0.25) is 0 Å². The molecule has 3 aromatic carbocycles. The first-order valence-electron chi connectivity index (χ1n) is 8.10. The quantitative estimate of drug-likeness (QED) is 0.318. The first kappa shape index (κ1) is 19.2. The Labute approximate surface area is 170 Å². The summed E-state index contributed by atoms with van der Waals surface area (Å²) in [6, 6.07) is 21.1. The van der Waals surface area contributed by atoms with Crippen LogP contribution in [-0.2, 0) is 6.61 Å². The molecule has 0 aliphatic carbocycles. The minimum Gasteiger partial charge on any atom is -0.488 e. The largest absolute Gasteiger partial charge is 0.488 e. The van der Waals surface area contributed by atoms with Crippen LogP contribution in [0.15, 0.2) is 71.2 Å². The lowest BCUT2D eigenvalue weighted by Crippen LogP contribution is -1.97. The maximum absolute atomic E-state index is 13.0. The monoisotopic (exact) mass is 441 g/mol. The fourth-order valence-electron chi connectivity index (χ4n) is 2.47. The van der Waals surface area contributed by atoms with Gasteiger partial charge in [-0.05, 0) is 59.7 Å². The molecule has 0 atom stereocenters. The van der Waals surface area contributed by atoms with Crippen molar-refractivity contribution in [3.8, 4) is 11.8 Å². The van der Waals surface area contributed by atoms with Crippen LogP contribution < -0.4 is 4.74 Å². The number of nitrogens with zero attached hydrogens (tertiary/aromatic N) is 1. The Balaban J connectivity index is 1.89. The smallest absolute Gasteiger partial charge is 0.127 e. The van der Waals surface area contributed by atoms with Crippen molar-refractivity contribution in [2.45, 2.75) is 6.61 Å². The zero-order valence-corrected chi connectivity index (χ0v) is 16.5. The van der Waals surface area contributed by atoms with E-state index in [9.17, 15) is 9.65 Å². The number of rotatable bonds is 5.